The van der Waals surface area contributed by atoms with Crippen molar-refractivity contribution < 1.29 is 14.6 Å². The van der Waals surface area contributed by atoms with Crippen molar-refractivity contribution in [2.24, 2.45) is 0 Å². The molecule has 0 fully saturated rings. The molecule has 0 saturated carbocycles. The minimum Gasteiger partial charge on any atom is -0.507 e. The predicted molar refractivity (Wildman–Crippen MR) is 123 cm³/mol. The third-order valence-corrected chi connectivity index (χ3v) is 5.61. The van der Waals surface area contributed by atoms with E-state index in [0.29, 0.717) is 23.5 Å². The van der Waals surface area contributed by atoms with Gasteiger partial charge in [-0.3, -0.25) is 4.79 Å². The molecule has 0 amide bonds. The predicted octanol–water partition coefficient (Wildman–Crippen LogP) is 7.30. The maximum atomic E-state index is 12.4. The summed E-state index contributed by atoms with van der Waals surface area (Å²) in [7, 11) is 0. The number of aromatic hydroxyl groups is 1. The standard InChI is InChI=1S/C25H33BrO3/c26-18-12-7-5-3-1-2-4-6-8-13-19-29-22-16-17-23(24(27)20-22)25(28)21-14-10-9-11-15-21/h9-11,14-17,20,27H,1-8,12-13,18-19H2. The Bertz CT molecular complexity index is 715. The molecule has 0 spiro atoms. The first kappa shape index (κ1) is 23.5. The third kappa shape index (κ3) is 9.03. The Kier molecular flexibility index (Phi) is 11.5. The number of unbranched alkanes of at least 4 members (excludes halogenated alkanes) is 9. The Labute approximate surface area is 183 Å². The highest BCUT2D eigenvalue weighted by molar-refractivity contribution is 9.09. The SMILES string of the molecule is O=C(c1ccccc1)c1ccc(OCCCCCCCCCCCCBr)cc1O. The molecule has 2 aromatic rings. The molecule has 2 aromatic carbocycles. The Balaban J connectivity index is 1.59. The summed E-state index contributed by atoms with van der Waals surface area (Å²) < 4.78 is 5.73. The van der Waals surface area contributed by atoms with E-state index in [1.807, 2.05) is 18.2 Å². The lowest BCUT2D eigenvalue weighted by molar-refractivity contribution is 0.103. The summed E-state index contributed by atoms with van der Waals surface area (Å²) in [5, 5.41) is 11.3. The van der Waals surface area contributed by atoms with E-state index in [-0.39, 0.29) is 11.5 Å². The van der Waals surface area contributed by atoms with Crippen molar-refractivity contribution in [2.45, 2.75) is 64.2 Å². The monoisotopic (exact) mass is 460 g/mol. The van der Waals surface area contributed by atoms with Gasteiger partial charge in [0.25, 0.3) is 0 Å². The van der Waals surface area contributed by atoms with Gasteiger partial charge in [-0.05, 0) is 25.0 Å². The number of hydrogen-bond acceptors (Lipinski definition) is 3. The highest BCUT2D eigenvalue weighted by atomic mass is 79.9. The van der Waals surface area contributed by atoms with E-state index in [0.717, 1.165) is 11.8 Å². The maximum absolute atomic E-state index is 12.4. The van der Waals surface area contributed by atoms with E-state index in [9.17, 15) is 9.90 Å². The van der Waals surface area contributed by atoms with Gasteiger partial charge in [-0.2, -0.15) is 0 Å². The highest BCUT2D eigenvalue weighted by Crippen LogP contribution is 2.26. The lowest BCUT2D eigenvalue weighted by Gasteiger charge is -2.09. The first-order valence-electron chi connectivity index (χ1n) is 10.8. The molecule has 0 heterocycles. The number of carbonyl (C=O) groups is 1. The molecule has 0 saturated heterocycles. The van der Waals surface area contributed by atoms with Crippen LogP contribution < -0.4 is 4.74 Å². The smallest absolute Gasteiger partial charge is 0.196 e. The molecule has 1 N–H and O–H groups in total. The number of benzene rings is 2. The minimum atomic E-state index is -0.183. The molecular formula is C25H33BrO3. The van der Waals surface area contributed by atoms with Crippen molar-refractivity contribution in [3.63, 3.8) is 0 Å². The van der Waals surface area contributed by atoms with Crippen molar-refractivity contribution in [3.8, 4) is 11.5 Å². The third-order valence-electron chi connectivity index (χ3n) is 5.05. The Hall–Kier alpha value is -1.81. The number of alkyl halides is 1. The highest BCUT2D eigenvalue weighted by Gasteiger charge is 2.13. The summed E-state index contributed by atoms with van der Waals surface area (Å²) in [5.74, 6) is 0.390. The number of phenols is 1. The zero-order chi connectivity index (χ0) is 20.7. The van der Waals surface area contributed by atoms with Crippen LogP contribution in [-0.2, 0) is 0 Å². The van der Waals surface area contributed by atoms with Crippen LogP contribution in [0.25, 0.3) is 0 Å². The average Bonchev–Trinajstić information content (AvgIpc) is 2.75. The normalized spacial score (nSPS) is 10.8. The van der Waals surface area contributed by atoms with E-state index in [4.69, 9.17) is 4.74 Å². The fraction of sp³-hybridized carbons (Fsp3) is 0.480. The second-order valence-electron chi connectivity index (χ2n) is 7.45. The Morgan fingerprint density at radius 2 is 1.38 bits per heavy atom. The summed E-state index contributed by atoms with van der Waals surface area (Å²) in [6.45, 7) is 0.637. The summed E-state index contributed by atoms with van der Waals surface area (Å²) in [6, 6.07) is 13.9. The topological polar surface area (TPSA) is 46.5 Å². The summed E-state index contributed by atoms with van der Waals surface area (Å²) >= 11 is 3.47. The molecule has 0 atom stereocenters. The van der Waals surface area contributed by atoms with Crippen LogP contribution in [0.1, 0.15) is 80.1 Å². The molecular weight excluding hydrogens is 428 g/mol. The molecule has 4 heteroatoms. The molecule has 0 aromatic heterocycles. The number of ketones is 1. The lowest BCUT2D eigenvalue weighted by atomic mass is 10.0. The van der Waals surface area contributed by atoms with Gasteiger partial charge >= 0.3 is 0 Å². The molecule has 0 bridgehead atoms. The van der Waals surface area contributed by atoms with Gasteiger partial charge in [0.05, 0.1) is 12.2 Å². The van der Waals surface area contributed by atoms with Crippen LogP contribution in [0, 0.1) is 0 Å². The Morgan fingerprint density at radius 3 is 1.97 bits per heavy atom. The molecule has 3 nitrogen and oxygen atoms in total. The van der Waals surface area contributed by atoms with Gasteiger partial charge in [-0.15, -0.1) is 0 Å². The van der Waals surface area contributed by atoms with E-state index in [1.165, 1.54) is 63.9 Å². The Morgan fingerprint density at radius 1 is 0.793 bits per heavy atom. The molecule has 0 aliphatic rings. The van der Waals surface area contributed by atoms with Gasteiger partial charge in [0, 0.05) is 17.0 Å². The van der Waals surface area contributed by atoms with Crippen LogP contribution in [-0.4, -0.2) is 22.8 Å². The average molecular weight is 461 g/mol. The van der Waals surface area contributed by atoms with E-state index in [1.54, 1.807) is 24.3 Å². The molecule has 2 rings (SSSR count). The van der Waals surface area contributed by atoms with Crippen LogP contribution in [0.5, 0.6) is 11.5 Å². The zero-order valence-corrected chi connectivity index (χ0v) is 18.8. The second kappa shape index (κ2) is 14.2. The number of rotatable bonds is 15. The van der Waals surface area contributed by atoms with Crippen molar-refractivity contribution in [2.75, 3.05) is 11.9 Å². The number of carbonyl (C=O) groups excluding carboxylic acids is 1. The molecule has 0 unspecified atom stereocenters. The van der Waals surface area contributed by atoms with Gasteiger partial charge in [0.2, 0.25) is 0 Å². The van der Waals surface area contributed by atoms with Crippen LogP contribution >= 0.6 is 15.9 Å². The van der Waals surface area contributed by atoms with Gasteiger partial charge < -0.3 is 9.84 Å². The summed E-state index contributed by atoms with van der Waals surface area (Å²) in [4.78, 5) is 12.4. The van der Waals surface area contributed by atoms with E-state index < -0.39 is 0 Å². The molecule has 0 radical (unpaired) electrons. The fourth-order valence-electron chi connectivity index (χ4n) is 3.34. The number of phenolic OH excluding ortho intramolecular Hbond substituents is 1. The van der Waals surface area contributed by atoms with E-state index in [2.05, 4.69) is 15.9 Å². The largest absolute Gasteiger partial charge is 0.507 e. The van der Waals surface area contributed by atoms with Gasteiger partial charge in [0.15, 0.2) is 5.78 Å². The first-order valence-corrected chi connectivity index (χ1v) is 12.0. The summed E-state index contributed by atoms with van der Waals surface area (Å²) in [5.41, 5.74) is 0.867. The zero-order valence-electron chi connectivity index (χ0n) is 17.2. The molecule has 29 heavy (non-hydrogen) atoms. The maximum Gasteiger partial charge on any atom is 0.196 e. The fourth-order valence-corrected chi connectivity index (χ4v) is 3.74. The first-order chi connectivity index (χ1) is 14.2. The summed E-state index contributed by atoms with van der Waals surface area (Å²) in [6.07, 6.45) is 12.8. The van der Waals surface area contributed by atoms with Gasteiger partial charge in [-0.25, -0.2) is 0 Å². The van der Waals surface area contributed by atoms with Crippen LogP contribution in [0.15, 0.2) is 48.5 Å². The van der Waals surface area contributed by atoms with Crippen molar-refractivity contribution in [1.82, 2.24) is 0 Å². The van der Waals surface area contributed by atoms with Gasteiger partial charge in [-0.1, -0.05) is 97.6 Å². The van der Waals surface area contributed by atoms with Gasteiger partial charge in [0.1, 0.15) is 11.5 Å². The van der Waals surface area contributed by atoms with Crippen molar-refractivity contribution >= 4 is 21.7 Å². The van der Waals surface area contributed by atoms with Crippen molar-refractivity contribution in [3.05, 3.63) is 59.7 Å². The number of hydrogen-bond donors (Lipinski definition) is 1. The van der Waals surface area contributed by atoms with Crippen LogP contribution in [0.2, 0.25) is 0 Å². The molecule has 0 aliphatic carbocycles. The van der Waals surface area contributed by atoms with Crippen LogP contribution in [0.4, 0.5) is 0 Å². The second-order valence-corrected chi connectivity index (χ2v) is 8.24. The quantitative estimate of drug-likeness (QED) is 0.172. The van der Waals surface area contributed by atoms with Crippen LogP contribution in [0.3, 0.4) is 0 Å². The van der Waals surface area contributed by atoms with E-state index >= 15 is 0 Å². The lowest BCUT2D eigenvalue weighted by Crippen LogP contribution is -2.02. The van der Waals surface area contributed by atoms with Crippen molar-refractivity contribution in [1.29, 1.82) is 0 Å². The number of halogens is 1. The molecule has 158 valence electrons. The number of ether oxygens (including phenoxy) is 1. The molecule has 0 aliphatic heterocycles. The minimum absolute atomic E-state index is 0.0347.